The van der Waals surface area contributed by atoms with E-state index in [-0.39, 0.29) is 5.75 Å². The van der Waals surface area contributed by atoms with Crippen molar-refractivity contribution < 1.29 is 32.0 Å². The molecule has 0 bridgehead atoms. The standard InChI is InChI=1S/C21H26O7S/c1-21(2,20(22)23)27-18-9-7-16(8-10-18)6-4-5-15-26-17-11-13-19(14-12-17)28-29(3,24)25/h7-14H,4-6,15H2,1-3H3,(H,22,23)/p-1. The zero-order valence-corrected chi connectivity index (χ0v) is 17.5. The molecule has 29 heavy (non-hydrogen) atoms. The molecule has 7 nitrogen and oxygen atoms in total. The number of ether oxygens (including phenoxy) is 2. The van der Waals surface area contributed by atoms with Gasteiger partial charge in [-0.1, -0.05) is 12.1 Å². The van der Waals surface area contributed by atoms with Crippen molar-refractivity contribution in [1.29, 1.82) is 0 Å². The maximum Gasteiger partial charge on any atom is 0.306 e. The van der Waals surface area contributed by atoms with Crippen molar-refractivity contribution in [1.82, 2.24) is 0 Å². The van der Waals surface area contributed by atoms with Crippen LogP contribution in [0.5, 0.6) is 17.2 Å². The Labute approximate surface area is 171 Å². The summed E-state index contributed by atoms with van der Waals surface area (Å²) in [6, 6.07) is 13.7. The molecule has 0 radical (unpaired) electrons. The number of carboxylic acids is 1. The summed E-state index contributed by atoms with van der Waals surface area (Å²) < 4.78 is 38.0. The van der Waals surface area contributed by atoms with Crippen LogP contribution in [-0.4, -0.2) is 32.9 Å². The van der Waals surface area contributed by atoms with Gasteiger partial charge in [0.15, 0.2) is 0 Å². The normalized spacial score (nSPS) is 11.7. The molecule has 0 saturated carbocycles. The van der Waals surface area contributed by atoms with E-state index in [0.29, 0.717) is 18.1 Å². The quantitative estimate of drug-likeness (QED) is 0.405. The van der Waals surface area contributed by atoms with Crippen LogP contribution in [0.25, 0.3) is 0 Å². The molecular formula is C21H25O7S-. The van der Waals surface area contributed by atoms with Gasteiger partial charge in [-0.05, 0) is 75.1 Å². The fraction of sp³-hybridized carbons (Fsp3) is 0.381. The third-order valence-corrected chi connectivity index (χ3v) is 4.48. The highest BCUT2D eigenvalue weighted by Gasteiger charge is 2.21. The Morgan fingerprint density at radius 3 is 2.03 bits per heavy atom. The van der Waals surface area contributed by atoms with Gasteiger partial charge in [-0.15, -0.1) is 0 Å². The number of hydrogen-bond acceptors (Lipinski definition) is 7. The van der Waals surface area contributed by atoms with E-state index in [1.54, 1.807) is 36.4 Å². The van der Waals surface area contributed by atoms with Crippen LogP contribution in [0.4, 0.5) is 0 Å². The summed E-state index contributed by atoms with van der Waals surface area (Å²) in [7, 11) is -3.53. The van der Waals surface area contributed by atoms with Crippen LogP contribution in [0.2, 0.25) is 0 Å². The first-order valence-corrected chi connectivity index (χ1v) is 11.0. The third-order valence-electron chi connectivity index (χ3n) is 3.99. The van der Waals surface area contributed by atoms with Gasteiger partial charge in [-0.2, -0.15) is 8.42 Å². The van der Waals surface area contributed by atoms with Crippen LogP contribution in [0, 0.1) is 0 Å². The minimum Gasteiger partial charge on any atom is -0.546 e. The number of carboxylic acid groups (broad SMARTS) is 1. The van der Waals surface area contributed by atoms with E-state index < -0.39 is 21.7 Å². The molecule has 0 atom stereocenters. The largest absolute Gasteiger partial charge is 0.546 e. The van der Waals surface area contributed by atoms with Crippen LogP contribution in [0.15, 0.2) is 48.5 Å². The summed E-state index contributed by atoms with van der Waals surface area (Å²) in [6.07, 6.45) is 3.61. The SMILES string of the molecule is CC(C)(Oc1ccc(CCCCOc2ccc(OS(C)(=O)=O)cc2)cc1)C(=O)[O-]. The van der Waals surface area contributed by atoms with E-state index in [0.717, 1.165) is 31.1 Å². The van der Waals surface area contributed by atoms with Crippen LogP contribution in [-0.2, 0) is 21.3 Å². The Bertz CT molecular complexity index is 901. The molecule has 158 valence electrons. The van der Waals surface area contributed by atoms with Gasteiger partial charge < -0.3 is 23.6 Å². The van der Waals surface area contributed by atoms with Crippen molar-refractivity contribution in [2.75, 3.05) is 12.9 Å². The third kappa shape index (κ3) is 8.03. The predicted octanol–water partition coefficient (Wildman–Crippen LogP) is 2.33. The van der Waals surface area contributed by atoms with Gasteiger partial charge in [0.1, 0.15) is 22.8 Å². The van der Waals surface area contributed by atoms with Gasteiger partial charge in [0.2, 0.25) is 0 Å². The lowest BCUT2D eigenvalue weighted by Crippen LogP contribution is -2.47. The fourth-order valence-electron chi connectivity index (χ4n) is 2.45. The number of aliphatic carboxylic acids is 1. The maximum atomic E-state index is 11.1. The smallest absolute Gasteiger partial charge is 0.306 e. The summed E-state index contributed by atoms with van der Waals surface area (Å²) in [5.74, 6) is 0.104. The van der Waals surface area contributed by atoms with Gasteiger partial charge in [-0.3, -0.25) is 0 Å². The summed E-state index contributed by atoms with van der Waals surface area (Å²) in [6.45, 7) is 3.43. The molecule has 2 aromatic carbocycles. The van der Waals surface area contributed by atoms with E-state index in [1.807, 2.05) is 12.1 Å². The van der Waals surface area contributed by atoms with Crippen LogP contribution < -0.4 is 18.8 Å². The first-order chi connectivity index (χ1) is 13.5. The molecule has 0 heterocycles. The van der Waals surface area contributed by atoms with Gasteiger partial charge in [0.25, 0.3) is 0 Å². The van der Waals surface area contributed by atoms with Crippen molar-refractivity contribution in [2.45, 2.75) is 38.7 Å². The van der Waals surface area contributed by atoms with E-state index in [1.165, 1.54) is 13.8 Å². The Morgan fingerprint density at radius 2 is 1.48 bits per heavy atom. The van der Waals surface area contributed by atoms with E-state index in [2.05, 4.69) is 0 Å². The molecular weight excluding hydrogens is 396 g/mol. The van der Waals surface area contributed by atoms with Crippen molar-refractivity contribution in [3.05, 3.63) is 54.1 Å². The van der Waals surface area contributed by atoms with Gasteiger partial charge in [0.05, 0.1) is 18.8 Å². The molecule has 0 aliphatic rings. The Hall–Kier alpha value is -2.74. The zero-order chi connectivity index (χ0) is 21.5. The molecule has 0 spiro atoms. The Kier molecular flexibility index (Phi) is 7.50. The molecule has 0 aliphatic carbocycles. The second-order valence-corrected chi connectivity index (χ2v) is 8.68. The number of hydrogen-bond donors (Lipinski definition) is 0. The Morgan fingerprint density at radius 1 is 0.931 bits per heavy atom. The lowest BCUT2D eigenvalue weighted by molar-refractivity contribution is -0.320. The number of carbonyl (C=O) groups excluding carboxylic acids is 1. The molecule has 2 aromatic rings. The summed E-state index contributed by atoms with van der Waals surface area (Å²) in [4.78, 5) is 11.0. The molecule has 0 amide bonds. The summed E-state index contributed by atoms with van der Waals surface area (Å²) in [5.41, 5.74) is -0.264. The number of rotatable bonds is 11. The van der Waals surface area contributed by atoms with Crippen molar-refractivity contribution >= 4 is 16.1 Å². The molecule has 0 aromatic heterocycles. The van der Waals surface area contributed by atoms with Crippen molar-refractivity contribution in [3.63, 3.8) is 0 Å². The average Bonchev–Trinajstić information content (AvgIpc) is 2.62. The molecule has 0 unspecified atom stereocenters. The molecule has 2 rings (SSSR count). The van der Waals surface area contributed by atoms with E-state index in [9.17, 15) is 18.3 Å². The van der Waals surface area contributed by atoms with Crippen molar-refractivity contribution in [3.8, 4) is 17.2 Å². The monoisotopic (exact) mass is 421 g/mol. The lowest BCUT2D eigenvalue weighted by Gasteiger charge is -2.27. The first kappa shape index (κ1) is 22.5. The molecule has 0 N–H and O–H groups in total. The second kappa shape index (κ2) is 9.65. The number of unbranched alkanes of at least 4 members (excludes halogenated alkanes) is 1. The van der Waals surface area contributed by atoms with Crippen molar-refractivity contribution in [2.24, 2.45) is 0 Å². The average molecular weight is 421 g/mol. The summed E-state index contributed by atoms with van der Waals surface area (Å²) >= 11 is 0. The second-order valence-electron chi connectivity index (χ2n) is 7.11. The van der Waals surface area contributed by atoms with Crippen LogP contribution >= 0.6 is 0 Å². The predicted molar refractivity (Wildman–Crippen MR) is 107 cm³/mol. The molecule has 0 saturated heterocycles. The number of benzene rings is 2. The number of carbonyl (C=O) groups is 1. The number of aryl methyl sites for hydroxylation is 1. The van der Waals surface area contributed by atoms with Crippen LogP contribution in [0.1, 0.15) is 32.3 Å². The maximum absolute atomic E-state index is 11.1. The highest BCUT2D eigenvalue weighted by atomic mass is 32.2. The lowest BCUT2D eigenvalue weighted by atomic mass is 10.1. The highest BCUT2D eigenvalue weighted by molar-refractivity contribution is 7.86. The van der Waals surface area contributed by atoms with Gasteiger partial charge in [-0.25, -0.2) is 0 Å². The minimum atomic E-state index is -3.53. The van der Waals surface area contributed by atoms with Crippen LogP contribution in [0.3, 0.4) is 0 Å². The molecule has 0 aliphatic heterocycles. The Balaban J connectivity index is 1.71. The topological polar surface area (TPSA) is 102 Å². The highest BCUT2D eigenvalue weighted by Crippen LogP contribution is 2.21. The van der Waals surface area contributed by atoms with Gasteiger partial charge >= 0.3 is 10.1 Å². The minimum absolute atomic E-state index is 0.246. The fourth-order valence-corrected chi connectivity index (χ4v) is 2.91. The zero-order valence-electron chi connectivity index (χ0n) is 16.7. The molecule has 0 fully saturated rings. The molecule has 8 heteroatoms. The van der Waals surface area contributed by atoms with E-state index >= 15 is 0 Å². The van der Waals surface area contributed by atoms with Gasteiger partial charge in [0, 0.05) is 0 Å². The van der Waals surface area contributed by atoms with E-state index in [4.69, 9.17) is 13.7 Å². The first-order valence-electron chi connectivity index (χ1n) is 9.17. The summed E-state index contributed by atoms with van der Waals surface area (Å²) in [5, 5.41) is 11.0.